The van der Waals surface area contributed by atoms with Gasteiger partial charge in [0.05, 0.1) is 0 Å². The van der Waals surface area contributed by atoms with E-state index in [0.29, 0.717) is 17.9 Å². The van der Waals surface area contributed by atoms with Crippen molar-refractivity contribution in [3.63, 3.8) is 0 Å². The van der Waals surface area contributed by atoms with E-state index in [0.717, 1.165) is 11.8 Å². The fourth-order valence-corrected chi connectivity index (χ4v) is 1.95. The number of ether oxygens (including phenoxy) is 1. The second kappa shape index (κ2) is 6.97. The minimum absolute atomic E-state index is 0.160. The van der Waals surface area contributed by atoms with E-state index in [1.54, 1.807) is 24.3 Å². The van der Waals surface area contributed by atoms with Gasteiger partial charge in [0.15, 0.2) is 18.1 Å². The van der Waals surface area contributed by atoms with Gasteiger partial charge in [-0.15, -0.1) is 0 Å². The van der Waals surface area contributed by atoms with Crippen molar-refractivity contribution in [1.29, 1.82) is 0 Å². The maximum absolute atomic E-state index is 11.4. The molecule has 20 heavy (non-hydrogen) atoms. The fourth-order valence-electron chi connectivity index (χ4n) is 1.52. The number of hydrogen-bond acceptors (Lipinski definition) is 7. The highest BCUT2D eigenvalue weighted by Crippen LogP contribution is 2.23. The summed E-state index contributed by atoms with van der Waals surface area (Å²) in [6.45, 7) is 0.224. The first kappa shape index (κ1) is 14.4. The van der Waals surface area contributed by atoms with Crippen LogP contribution in [0.2, 0.25) is 0 Å². The Bertz CT molecular complexity index is 619. The van der Waals surface area contributed by atoms with Crippen molar-refractivity contribution >= 4 is 17.1 Å². The summed E-state index contributed by atoms with van der Waals surface area (Å²) in [5.74, 6) is 0.0966. The van der Waals surface area contributed by atoms with Crippen LogP contribution in [0.3, 0.4) is 0 Å². The molecule has 0 radical (unpaired) electrons. The molecule has 0 aliphatic carbocycles. The van der Waals surface area contributed by atoms with Crippen molar-refractivity contribution < 1.29 is 18.4 Å². The first-order valence-electron chi connectivity index (χ1n) is 5.88. The molecule has 7 heteroatoms. The number of benzene rings is 1. The van der Waals surface area contributed by atoms with Crippen LogP contribution in [0.5, 0.6) is 0 Å². The average Bonchev–Trinajstić information content (AvgIpc) is 2.85. The highest BCUT2D eigenvalue weighted by atomic mass is 32.2. The van der Waals surface area contributed by atoms with Crippen LogP contribution in [0, 0.1) is 0 Å². The quantitative estimate of drug-likeness (QED) is 0.845. The Balaban J connectivity index is 2.09. The predicted octanol–water partition coefficient (Wildman–Crippen LogP) is 2.23. The van der Waals surface area contributed by atoms with Crippen LogP contribution < -0.4 is 11.6 Å². The summed E-state index contributed by atoms with van der Waals surface area (Å²) >= 11 is 0.968. The molecule has 2 N–H and O–H groups in total. The van der Waals surface area contributed by atoms with Gasteiger partial charge < -0.3 is 19.3 Å². The van der Waals surface area contributed by atoms with E-state index in [1.165, 1.54) is 0 Å². The van der Waals surface area contributed by atoms with Gasteiger partial charge in [0.2, 0.25) is 0 Å². The van der Waals surface area contributed by atoms with Gasteiger partial charge in [-0.25, -0.2) is 9.59 Å². The summed E-state index contributed by atoms with van der Waals surface area (Å²) in [7, 11) is 0. The Kier molecular flexibility index (Phi) is 5.03. The molecule has 0 unspecified atom stereocenters. The summed E-state index contributed by atoms with van der Waals surface area (Å²) in [5.41, 5.74) is 5.96. The molecule has 0 aliphatic rings. The van der Waals surface area contributed by atoms with Crippen LogP contribution in [0.15, 0.2) is 44.0 Å². The Morgan fingerprint density at radius 1 is 1.25 bits per heavy atom. The first-order valence-corrected chi connectivity index (χ1v) is 6.87. The lowest BCUT2D eigenvalue weighted by molar-refractivity contribution is 0.158. The van der Waals surface area contributed by atoms with E-state index in [9.17, 15) is 9.59 Å². The summed E-state index contributed by atoms with van der Waals surface area (Å²) in [6.07, 6.45) is 0. The van der Waals surface area contributed by atoms with Crippen molar-refractivity contribution in [2.75, 3.05) is 12.3 Å². The van der Waals surface area contributed by atoms with Crippen molar-refractivity contribution in [3.05, 3.63) is 46.7 Å². The second-order valence-corrected chi connectivity index (χ2v) is 4.78. The molecule has 0 fully saturated rings. The third-order valence-corrected chi connectivity index (χ3v) is 3.13. The van der Waals surface area contributed by atoms with Crippen LogP contribution in [0.1, 0.15) is 5.76 Å². The van der Waals surface area contributed by atoms with Crippen LogP contribution in [-0.2, 0) is 11.3 Å². The number of carbonyl (C=O) groups excluding carboxylic acids is 1. The third kappa shape index (κ3) is 3.75. The minimum atomic E-state index is -0.829. The molecule has 0 aliphatic heterocycles. The molecular weight excluding hydrogens is 282 g/mol. The number of thioether (sulfide) groups is 1. The van der Waals surface area contributed by atoms with Gasteiger partial charge in [-0.3, -0.25) is 0 Å². The monoisotopic (exact) mass is 295 g/mol. The molecule has 0 bridgehead atoms. The normalized spacial score (nSPS) is 10.4. The average molecular weight is 295 g/mol. The highest BCUT2D eigenvalue weighted by molar-refractivity contribution is 8.13. The Morgan fingerprint density at radius 2 is 2.00 bits per heavy atom. The van der Waals surface area contributed by atoms with E-state index in [4.69, 9.17) is 19.3 Å². The minimum Gasteiger partial charge on any atom is -0.449 e. The molecule has 1 aromatic heterocycles. The third-order valence-electron chi connectivity index (χ3n) is 2.34. The van der Waals surface area contributed by atoms with Gasteiger partial charge in [0.25, 0.3) is 0 Å². The topological polar surface area (TPSA) is 95.7 Å². The molecule has 6 nitrogen and oxygen atoms in total. The van der Waals surface area contributed by atoms with Gasteiger partial charge in [-0.1, -0.05) is 30.3 Å². The first-order chi connectivity index (χ1) is 9.70. The molecule has 2 rings (SSSR count). The van der Waals surface area contributed by atoms with E-state index in [-0.39, 0.29) is 18.1 Å². The largest absolute Gasteiger partial charge is 0.519 e. The summed E-state index contributed by atoms with van der Waals surface area (Å²) in [5, 5.41) is -0.474. The fraction of sp³-hybridized carbons (Fsp3) is 0.231. The van der Waals surface area contributed by atoms with Gasteiger partial charge >= 0.3 is 11.1 Å². The highest BCUT2D eigenvalue weighted by Gasteiger charge is 2.16. The van der Waals surface area contributed by atoms with Crippen LogP contribution in [0.4, 0.5) is 4.79 Å². The van der Waals surface area contributed by atoms with Crippen LogP contribution in [0.25, 0.3) is 11.3 Å². The molecule has 1 aromatic carbocycles. The van der Waals surface area contributed by atoms with E-state index < -0.39 is 11.1 Å². The van der Waals surface area contributed by atoms with Crippen molar-refractivity contribution in [2.45, 2.75) is 6.61 Å². The maximum atomic E-state index is 11.4. The smallest absolute Gasteiger partial charge is 0.449 e. The molecule has 1 heterocycles. The zero-order valence-corrected chi connectivity index (χ0v) is 11.4. The lowest BCUT2D eigenvalue weighted by Gasteiger charge is -2.02. The number of carbonyl (C=O) groups is 1. The summed E-state index contributed by atoms with van der Waals surface area (Å²) < 4.78 is 14.8. The van der Waals surface area contributed by atoms with Crippen molar-refractivity contribution in [1.82, 2.24) is 0 Å². The zero-order chi connectivity index (χ0) is 14.4. The maximum Gasteiger partial charge on any atom is 0.519 e. The molecule has 106 valence electrons. The Morgan fingerprint density at radius 3 is 2.70 bits per heavy atom. The number of rotatable bonds is 5. The van der Waals surface area contributed by atoms with Gasteiger partial charge in [0.1, 0.15) is 0 Å². The lowest BCUT2D eigenvalue weighted by atomic mass is 10.1. The molecule has 0 atom stereocenters. The second-order valence-electron chi connectivity index (χ2n) is 3.75. The number of nitrogens with two attached hydrogens (primary N) is 1. The Hall–Kier alpha value is -1.99. The van der Waals surface area contributed by atoms with Gasteiger partial charge in [-0.2, -0.15) is 0 Å². The summed E-state index contributed by atoms with van der Waals surface area (Å²) in [4.78, 5) is 22.6. The molecule has 0 saturated carbocycles. The SMILES string of the molecule is NCCSC(=O)OCc1oc(=O)oc1-c1ccccc1. The van der Waals surface area contributed by atoms with E-state index in [2.05, 4.69) is 0 Å². The standard InChI is InChI=1S/C13H13NO5S/c14-6-7-20-13(16)17-8-10-11(19-12(15)18-10)9-4-2-1-3-5-9/h1-5H,6-8,14H2. The van der Waals surface area contributed by atoms with Gasteiger partial charge in [-0.05, 0) is 11.8 Å². The zero-order valence-electron chi connectivity index (χ0n) is 10.5. The van der Waals surface area contributed by atoms with E-state index in [1.807, 2.05) is 6.07 Å². The Labute approximate surface area is 118 Å². The number of hydrogen-bond donors (Lipinski definition) is 1. The molecule has 0 saturated heterocycles. The molecule has 0 spiro atoms. The summed E-state index contributed by atoms with van der Waals surface area (Å²) in [6, 6.07) is 8.97. The van der Waals surface area contributed by atoms with Crippen molar-refractivity contribution in [2.24, 2.45) is 5.73 Å². The molecule has 2 aromatic rings. The van der Waals surface area contributed by atoms with E-state index >= 15 is 0 Å². The van der Waals surface area contributed by atoms with Crippen LogP contribution >= 0.6 is 11.8 Å². The van der Waals surface area contributed by atoms with Crippen LogP contribution in [-0.4, -0.2) is 17.6 Å². The molecule has 0 amide bonds. The molecular formula is C13H13NO5S. The lowest BCUT2D eigenvalue weighted by Crippen LogP contribution is -2.06. The van der Waals surface area contributed by atoms with Crippen molar-refractivity contribution in [3.8, 4) is 11.3 Å². The van der Waals surface area contributed by atoms with Gasteiger partial charge in [0, 0.05) is 17.9 Å². The predicted molar refractivity (Wildman–Crippen MR) is 74.4 cm³/mol.